The van der Waals surface area contributed by atoms with Gasteiger partial charge in [0.05, 0.1) is 10.7 Å². The maximum atomic E-state index is 12.7. The highest BCUT2D eigenvalue weighted by molar-refractivity contribution is 6.37. The first-order chi connectivity index (χ1) is 13.4. The normalized spacial score (nSPS) is 13.2. The van der Waals surface area contributed by atoms with E-state index in [9.17, 15) is 9.59 Å². The Balaban J connectivity index is 1.57. The van der Waals surface area contributed by atoms with E-state index in [1.807, 2.05) is 19.1 Å². The van der Waals surface area contributed by atoms with Gasteiger partial charge in [0.15, 0.2) is 0 Å². The number of carbonyl (C=O) groups is 2. The molecule has 0 aromatic heterocycles. The van der Waals surface area contributed by atoms with Crippen LogP contribution in [0.5, 0.6) is 0 Å². The van der Waals surface area contributed by atoms with Gasteiger partial charge in [-0.1, -0.05) is 40.9 Å². The predicted octanol–water partition coefficient (Wildman–Crippen LogP) is 6.04. The number of halogens is 3. The first kappa shape index (κ1) is 21.0. The summed E-state index contributed by atoms with van der Waals surface area (Å²) in [7, 11) is 0. The molecule has 7 heteroatoms. The Hall–Kier alpha value is -1.75. The van der Waals surface area contributed by atoms with Crippen LogP contribution in [-0.4, -0.2) is 18.4 Å². The standard InChI is InChI=1S/C21H21Cl3N2O2/c1-13-16(23)6-2-7-18(13)25-19(27)8-3-9-20(28)26-10-4-5-14-11-15(22)12-17(24)21(14)26/h2,6-7,11-12H,3-5,8-10H2,1H3,(H,25,27). The van der Waals surface area contributed by atoms with Gasteiger partial charge in [-0.15, -0.1) is 0 Å². The van der Waals surface area contributed by atoms with Crippen LogP contribution in [0, 0.1) is 6.92 Å². The van der Waals surface area contributed by atoms with E-state index in [-0.39, 0.29) is 24.7 Å². The third kappa shape index (κ3) is 4.80. The van der Waals surface area contributed by atoms with Crippen LogP contribution in [0.25, 0.3) is 0 Å². The van der Waals surface area contributed by atoms with Crippen LogP contribution in [0.15, 0.2) is 30.3 Å². The molecule has 0 atom stereocenters. The van der Waals surface area contributed by atoms with Gasteiger partial charge in [0.1, 0.15) is 0 Å². The van der Waals surface area contributed by atoms with Crippen molar-refractivity contribution in [1.82, 2.24) is 0 Å². The number of anilines is 2. The summed E-state index contributed by atoms with van der Waals surface area (Å²) in [5, 5.41) is 4.52. The Kier molecular flexibility index (Phi) is 6.86. The maximum Gasteiger partial charge on any atom is 0.227 e. The molecular weight excluding hydrogens is 419 g/mol. The Morgan fingerprint density at radius 2 is 1.89 bits per heavy atom. The van der Waals surface area contributed by atoms with E-state index in [1.54, 1.807) is 23.1 Å². The molecule has 0 saturated heterocycles. The molecule has 1 aliphatic rings. The molecule has 2 aromatic carbocycles. The first-order valence-electron chi connectivity index (χ1n) is 9.20. The highest BCUT2D eigenvalue weighted by atomic mass is 35.5. The van der Waals surface area contributed by atoms with Gasteiger partial charge in [-0.2, -0.15) is 0 Å². The number of hydrogen-bond donors (Lipinski definition) is 1. The van der Waals surface area contributed by atoms with Crippen molar-refractivity contribution in [3.8, 4) is 0 Å². The third-order valence-electron chi connectivity index (χ3n) is 4.84. The van der Waals surface area contributed by atoms with Crippen LogP contribution in [0.4, 0.5) is 11.4 Å². The Morgan fingerprint density at radius 3 is 2.68 bits per heavy atom. The Bertz CT molecular complexity index is 915. The van der Waals surface area contributed by atoms with Gasteiger partial charge in [0.25, 0.3) is 0 Å². The van der Waals surface area contributed by atoms with Gasteiger partial charge in [-0.3, -0.25) is 9.59 Å². The number of nitrogens with zero attached hydrogens (tertiary/aromatic N) is 1. The van der Waals surface area contributed by atoms with Gasteiger partial charge in [-0.05, 0) is 61.6 Å². The van der Waals surface area contributed by atoms with Crippen LogP contribution in [-0.2, 0) is 16.0 Å². The summed E-state index contributed by atoms with van der Waals surface area (Å²) in [6.07, 6.45) is 2.71. The number of rotatable bonds is 5. The van der Waals surface area contributed by atoms with Crippen molar-refractivity contribution in [1.29, 1.82) is 0 Å². The van der Waals surface area contributed by atoms with Crippen molar-refractivity contribution < 1.29 is 9.59 Å². The quantitative estimate of drug-likeness (QED) is 0.617. The molecule has 148 valence electrons. The van der Waals surface area contributed by atoms with Crippen molar-refractivity contribution in [2.75, 3.05) is 16.8 Å². The zero-order chi connectivity index (χ0) is 20.3. The SMILES string of the molecule is Cc1c(Cl)cccc1NC(=O)CCCC(=O)N1CCCc2cc(Cl)cc(Cl)c21. The number of amides is 2. The number of benzene rings is 2. The van der Waals surface area contributed by atoms with Crippen molar-refractivity contribution in [3.05, 3.63) is 56.5 Å². The second kappa shape index (κ2) is 9.17. The summed E-state index contributed by atoms with van der Waals surface area (Å²) in [6.45, 7) is 2.48. The molecule has 0 fully saturated rings. The number of hydrogen-bond acceptors (Lipinski definition) is 2. The molecule has 28 heavy (non-hydrogen) atoms. The van der Waals surface area contributed by atoms with Gasteiger partial charge in [-0.25, -0.2) is 0 Å². The van der Waals surface area contributed by atoms with Crippen molar-refractivity contribution in [2.24, 2.45) is 0 Å². The molecular formula is C21H21Cl3N2O2. The van der Waals surface area contributed by atoms with Gasteiger partial charge in [0.2, 0.25) is 11.8 Å². The zero-order valence-electron chi connectivity index (χ0n) is 15.5. The average Bonchev–Trinajstić information content (AvgIpc) is 2.64. The molecule has 2 aromatic rings. The summed E-state index contributed by atoms with van der Waals surface area (Å²) in [6, 6.07) is 8.90. The molecule has 0 unspecified atom stereocenters. The van der Waals surface area contributed by atoms with Crippen LogP contribution in [0.2, 0.25) is 15.1 Å². The van der Waals surface area contributed by atoms with Crippen LogP contribution in [0.3, 0.4) is 0 Å². The number of aryl methyl sites for hydroxylation is 1. The second-order valence-electron chi connectivity index (χ2n) is 6.86. The predicted molar refractivity (Wildman–Crippen MR) is 116 cm³/mol. The van der Waals surface area contributed by atoms with Crippen LogP contribution >= 0.6 is 34.8 Å². The zero-order valence-corrected chi connectivity index (χ0v) is 17.8. The van der Waals surface area contributed by atoms with Crippen LogP contribution < -0.4 is 10.2 Å². The van der Waals surface area contributed by atoms with E-state index in [1.165, 1.54) is 0 Å². The van der Waals surface area contributed by atoms with Gasteiger partial charge >= 0.3 is 0 Å². The van der Waals surface area contributed by atoms with E-state index < -0.39 is 0 Å². The van der Waals surface area contributed by atoms with Crippen molar-refractivity contribution in [2.45, 2.75) is 39.0 Å². The lowest BCUT2D eigenvalue weighted by molar-refractivity contribution is -0.119. The average molecular weight is 440 g/mol. The van der Waals surface area contributed by atoms with E-state index in [0.29, 0.717) is 33.7 Å². The largest absolute Gasteiger partial charge is 0.326 e. The van der Waals surface area contributed by atoms with Gasteiger partial charge < -0.3 is 10.2 Å². The first-order valence-corrected chi connectivity index (χ1v) is 10.3. The minimum atomic E-state index is -0.137. The molecule has 0 saturated carbocycles. The molecule has 1 heterocycles. The van der Waals surface area contributed by atoms with E-state index >= 15 is 0 Å². The smallest absolute Gasteiger partial charge is 0.227 e. The van der Waals surface area contributed by atoms with Crippen molar-refractivity contribution in [3.63, 3.8) is 0 Å². The summed E-state index contributed by atoms with van der Waals surface area (Å²) in [4.78, 5) is 26.6. The molecule has 2 amide bonds. The summed E-state index contributed by atoms with van der Waals surface area (Å²) < 4.78 is 0. The Morgan fingerprint density at radius 1 is 1.11 bits per heavy atom. The topological polar surface area (TPSA) is 49.4 Å². The van der Waals surface area contributed by atoms with Gasteiger partial charge in [0, 0.05) is 35.1 Å². The summed E-state index contributed by atoms with van der Waals surface area (Å²) in [5.74, 6) is -0.168. The summed E-state index contributed by atoms with van der Waals surface area (Å²) in [5.41, 5.74) is 3.26. The molecule has 0 bridgehead atoms. The van der Waals surface area contributed by atoms with E-state index in [0.717, 1.165) is 29.7 Å². The maximum absolute atomic E-state index is 12.7. The van der Waals surface area contributed by atoms with E-state index in [2.05, 4.69) is 5.32 Å². The van der Waals surface area contributed by atoms with Crippen LogP contribution in [0.1, 0.15) is 36.8 Å². The highest BCUT2D eigenvalue weighted by Crippen LogP contribution is 2.37. The second-order valence-corrected chi connectivity index (χ2v) is 8.11. The fraction of sp³-hybridized carbons (Fsp3) is 0.333. The summed E-state index contributed by atoms with van der Waals surface area (Å²) >= 11 is 18.5. The Labute approximate surface area is 179 Å². The lowest BCUT2D eigenvalue weighted by atomic mass is 10.0. The molecule has 0 spiro atoms. The molecule has 4 nitrogen and oxygen atoms in total. The fourth-order valence-corrected chi connectivity index (χ4v) is 4.20. The lowest BCUT2D eigenvalue weighted by Gasteiger charge is -2.30. The number of carbonyl (C=O) groups excluding carboxylic acids is 2. The van der Waals surface area contributed by atoms with E-state index in [4.69, 9.17) is 34.8 Å². The monoisotopic (exact) mass is 438 g/mol. The molecule has 0 radical (unpaired) electrons. The molecule has 3 rings (SSSR count). The van der Waals surface area contributed by atoms with Crippen molar-refractivity contribution >= 4 is 58.0 Å². The number of fused-ring (bicyclic) bond motifs is 1. The molecule has 1 N–H and O–H groups in total. The third-order valence-corrected chi connectivity index (χ3v) is 5.76. The highest BCUT2D eigenvalue weighted by Gasteiger charge is 2.25. The lowest BCUT2D eigenvalue weighted by Crippen LogP contribution is -2.35. The molecule has 1 aliphatic heterocycles. The molecule has 0 aliphatic carbocycles. The minimum absolute atomic E-state index is 0.0306. The fourth-order valence-electron chi connectivity index (χ4n) is 3.39. The number of nitrogens with one attached hydrogen (secondary N) is 1. The minimum Gasteiger partial charge on any atom is -0.326 e.